The number of pyridine rings is 1. The molecule has 2 aromatic carbocycles. The smallest absolute Gasteiger partial charge is 0.320 e. The van der Waals surface area contributed by atoms with Crippen molar-refractivity contribution in [1.29, 1.82) is 0 Å². The molecule has 216 valence electrons. The van der Waals surface area contributed by atoms with Gasteiger partial charge in [0.05, 0.1) is 28.2 Å². The van der Waals surface area contributed by atoms with Crippen LogP contribution in [0.1, 0.15) is 19.3 Å². The van der Waals surface area contributed by atoms with E-state index in [0.717, 1.165) is 30.2 Å². The molecule has 42 heavy (non-hydrogen) atoms. The zero-order chi connectivity index (χ0) is 29.1. The Hall–Kier alpha value is -3.89. The standard InChI is InChI=1S/C31H29ClF2N6O2/c1-17(33)30(41)39-14-12-24-25(39)15-40(24)29-21-9-11-23(20-7-3-5-18-8-10-22(34)27(32)26(18)20)35-28(21)36-31(37-29)42-16-19-6-4-13-38(19)2/h3,5,7-11,19,24-25H,1,4,6,12-16H2,2H3/t19?,24-,25-/m1/s1. The first-order valence-electron chi connectivity index (χ1n) is 14.1. The monoisotopic (exact) mass is 590 g/mol. The van der Waals surface area contributed by atoms with Gasteiger partial charge in [-0.3, -0.25) is 4.79 Å². The van der Waals surface area contributed by atoms with Crippen LogP contribution in [-0.4, -0.2) is 82.1 Å². The Labute approximate surface area is 246 Å². The third kappa shape index (κ3) is 4.44. The highest BCUT2D eigenvalue weighted by Crippen LogP contribution is 2.41. The Morgan fingerprint density at radius 2 is 1.95 bits per heavy atom. The van der Waals surface area contributed by atoms with Gasteiger partial charge in [0.25, 0.3) is 5.91 Å². The molecule has 3 saturated heterocycles. The van der Waals surface area contributed by atoms with Gasteiger partial charge < -0.3 is 19.4 Å². The maximum Gasteiger partial charge on any atom is 0.320 e. The molecule has 7 rings (SSSR count). The van der Waals surface area contributed by atoms with Gasteiger partial charge in [0, 0.05) is 30.1 Å². The number of likely N-dealkylation sites (tertiary alicyclic amines) is 2. The number of aromatic nitrogens is 3. The number of benzene rings is 2. The van der Waals surface area contributed by atoms with Gasteiger partial charge in [0.2, 0.25) is 0 Å². The highest BCUT2D eigenvalue weighted by molar-refractivity contribution is 6.36. The number of anilines is 1. The second kappa shape index (κ2) is 10.4. The Kier molecular flexibility index (Phi) is 6.70. The average Bonchev–Trinajstić information content (AvgIpc) is 3.54. The minimum absolute atomic E-state index is 0.0141. The number of carbonyl (C=O) groups is 1. The van der Waals surface area contributed by atoms with Gasteiger partial charge in [-0.25, -0.2) is 13.8 Å². The molecule has 8 nitrogen and oxygen atoms in total. The fraction of sp³-hybridized carbons (Fsp3) is 0.355. The first-order valence-corrected chi connectivity index (χ1v) is 14.5. The molecule has 0 aliphatic carbocycles. The molecule has 1 amide bonds. The van der Waals surface area contributed by atoms with E-state index in [1.807, 2.05) is 30.3 Å². The number of hydrogen-bond donors (Lipinski definition) is 0. The molecule has 0 saturated carbocycles. The van der Waals surface area contributed by atoms with Gasteiger partial charge >= 0.3 is 6.01 Å². The van der Waals surface area contributed by atoms with E-state index < -0.39 is 17.6 Å². The van der Waals surface area contributed by atoms with Crippen LogP contribution in [0.5, 0.6) is 6.01 Å². The Morgan fingerprint density at radius 1 is 1.10 bits per heavy atom. The van der Waals surface area contributed by atoms with Crippen LogP contribution in [-0.2, 0) is 4.79 Å². The van der Waals surface area contributed by atoms with Crippen molar-refractivity contribution in [3.8, 4) is 17.3 Å². The van der Waals surface area contributed by atoms with Gasteiger partial charge in [0.1, 0.15) is 18.2 Å². The molecule has 3 aliphatic rings. The van der Waals surface area contributed by atoms with Crippen LogP contribution in [0.15, 0.2) is 54.9 Å². The molecular weight excluding hydrogens is 562 g/mol. The Morgan fingerprint density at radius 3 is 2.74 bits per heavy atom. The summed E-state index contributed by atoms with van der Waals surface area (Å²) in [7, 11) is 2.08. The largest absolute Gasteiger partial charge is 0.462 e. The summed E-state index contributed by atoms with van der Waals surface area (Å²) in [6.07, 6.45) is 2.84. The summed E-state index contributed by atoms with van der Waals surface area (Å²) < 4.78 is 34.2. The molecule has 0 spiro atoms. The lowest BCUT2D eigenvalue weighted by Crippen LogP contribution is -2.63. The highest BCUT2D eigenvalue weighted by Gasteiger charge is 2.50. The normalized spacial score (nSPS) is 22.0. The summed E-state index contributed by atoms with van der Waals surface area (Å²) in [5, 5.41) is 2.15. The van der Waals surface area contributed by atoms with Crippen LogP contribution >= 0.6 is 11.6 Å². The van der Waals surface area contributed by atoms with Crippen molar-refractivity contribution >= 4 is 45.1 Å². The first kappa shape index (κ1) is 27.0. The average molecular weight is 591 g/mol. The molecular formula is C31H29ClF2N6O2. The number of ether oxygens (including phenoxy) is 1. The van der Waals surface area contributed by atoms with E-state index in [2.05, 4.69) is 23.4 Å². The van der Waals surface area contributed by atoms with Crippen LogP contribution in [0.3, 0.4) is 0 Å². The van der Waals surface area contributed by atoms with E-state index in [-0.39, 0.29) is 29.2 Å². The van der Waals surface area contributed by atoms with Crippen LogP contribution in [0.4, 0.5) is 14.6 Å². The SMILES string of the molecule is C=C(F)C(=O)N1CC[C@@H]2[C@H]1CN2c1nc(OCC2CCCN2C)nc2nc(-c3cccc4ccc(F)c(Cl)c34)ccc12. The topological polar surface area (TPSA) is 74.7 Å². The molecule has 3 aliphatic heterocycles. The third-order valence-corrected chi connectivity index (χ3v) is 9.24. The zero-order valence-corrected chi connectivity index (χ0v) is 23.8. The minimum atomic E-state index is -0.945. The molecule has 11 heteroatoms. The maximum absolute atomic E-state index is 14.5. The van der Waals surface area contributed by atoms with E-state index >= 15 is 0 Å². The lowest BCUT2D eigenvalue weighted by atomic mass is 9.96. The van der Waals surface area contributed by atoms with Crippen molar-refractivity contribution in [3.05, 3.63) is 65.7 Å². The minimum Gasteiger partial charge on any atom is -0.462 e. The summed E-state index contributed by atoms with van der Waals surface area (Å²) in [4.78, 5) is 32.7. The van der Waals surface area contributed by atoms with E-state index in [1.54, 1.807) is 11.0 Å². The van der Waals surface area contributed by atoms with Crippen LogP contribution in [0, 0.1) is 5.82 Å². The molecule has 3 fully saturated rings. The van der Waals surface area contributed by atoms with E-state index in [4.69, 9.17) is 31.3 Å². The number of halogens is 3. The van der Waals surface area contributed by atoms with Crippen LogP contribution in [0.25, 0.3) is 33.1 Å². The van der Waals surface area contributed by atoms with Gasteiger partial charge in [0.15, 0.2) is 11.5 Å². The molecule has 4 aromatic rings. The lowest BCUT2D eigenvalue weighted by Gasteiger charge is -2.47. The van der Waals surface area contributed by atoms with E-state index in [1.165, 1.54) is 6.07 Å². The fourth-order valence-electron chi connectivity index (χ4n) is 6.56. The molecule has 0 bridgehead atoms. The lowest BCUT2D eigenvalue weighted by molar-refractivity contribution is -0.130. The summed E-state index contributed by atoms with van der Waals surface area (Å²) in [5.41, 5.74) is 1.71. The summed E-state index contributed by atoms with van der Waals surface area (Å²) in [5.74, 6) is -1.44. The van der Waals surface area contributed by atoms with Gasteiger partial charge in [-0.15, -0.1) is 0 Å². The maximum atomic E-state index is 14.5. The number of likely N-dealkylation sites (N-methyl/N-ethyl adjacent to an activating group) is 1. The molecule has 1 unspecified atom stereocenters. The molecule has 2 aromatic heterocycles. The van der Waals surface area contributed by atoms with Crippen molar-refractivity contribution in [2.24, 2.45) is 0 Å². The van der Waals surface area contributed by atoms with Crippen LogP contribution in [0.2, 0.25) is 5.02 Å². The molecule has 0 N–H and O–H groups in total. The summed E-state index contributed by atoms with van der Waals surface area (Å²) in [6, 6.07) is 12.8. The number of carbonyl (C=O) groups excluding carboxylic acids is 1. The third-order valence-electron chi connectivity index (χ3n) is 8.87. The summed E-state index contributed by atoms with van der Waals surface area (Å²) in [6.45, 7) is 5.61. The zero-order valence-electron chi connectivity index (χ0n) is 23.1. The predicted octanol–water partition coefficient (Wildman–Crippen LogP) is 5.38. The molecule has 5 heterocycles. The molecule has 0 radical (unpaired) electrons. The quantitative estimate of drug-likeness (QED) is 0.279. The molecule has 3 atom stereocenters. The van der Waals surface area contributed by atoms with Crippen molar-refractivity contribution < 1.29 is 18.3 Å². The second-order valence-corrected chi connectivity index (χ2v) is 11.6. The first-order chi connectivity index (χ1) is 20.3. The number of rotatable bonds is 6. The predicted molar refractivity (Wildman–Crippen MR) is 158 cm³/mol. The van der Waals surface area contributed by atoms with E-state index in [0.29, 0.717) is 54.2 Å². The highest BCUT2D eigenvalue weighted by atomic mass is 35.5. The van der Waals surface area contributed by atoms with Crippen molar-refractivity contribution in [2.45, 2.75) is 37.4 Å². The number of amides is 1. The number of nitrogens with zero attached hydrogens (tertiary/aromatic N) is 6. The number of fused-ring (bicyclic) bond motifs is 3. The van der Waals surface area contributed by atoms with Crippen LogP contribution < -0.4 is 9.64 Å². The summed E-state index contributed by atoms with van der Waals surface area (Å²) >= 11 is 6.42. The van der Waals surface area contributed by atoms with Gasteiger partial charge in [-0.05, 0) is 56.4 Å². The Balaban J connectivity index is 1.29. The van der Waals surface area contributed by atoms with Gasteiger partial charge in [-0.2, -0.15) is 9.97 Å². The van der Waals surface area contributed by atoms with E-state index in [9.17, 15) is 13.6 Å². The number of hydrogen-bond acceptors (Lipinski definition) is 7. The Bertz CT molecular complexity index is 1750. The van der Waals surface area contributed by atoms with Crippen molar-refractivity contribution in [2.75, 3.05) is 38.2 Å². The van der Waals surface area contributed by atoms with Crippen molar-refractivity contribution in [3.63, 3.8) is 0 Å². The van der Waals surface area contributed by atoms with Crippen molar-refractivity contribution in [1.82, 2.24) is 24.8 Å². The van der Waals surface area contributed by atoms with Gasteiger partial charge in [-0.1, -0.05) is 42.4 Å². The fourth-order valence-corrected chi connectivity index (χ4v) is 6.84. The second-order valence-electron chi connectivity index (χ2n) is 11.2.